The lowest BCUT2D eigenvalue weighted by Gasteiger charge is -2.16. The highest BCUT2D eigenvalue weighted by Crippen LogP contribution is 2.37. The van der Waals surface area contributed by atoms with Crippen LogP contribution in [0.25, 0.3) is 10.9 Å². The van der Waals surface area contributed by atoms with Crippen molar-refractivity contribution in [3.05, 3.63) is 42.2 Å². The van der Waals surface area contributed by atoms with Gasteiger partial charge in [-0.15, -0.1) is 0 Å². The summed E-state index contributed by atoms with van der Waals surface area (Å²) < 4.78 is 17.6. The van der Waals surface area contributed by atoms with Gasteiger partial charge in [-0.1, -0.05) is 12.1 Å². The molecule has 28 heavy (non-hydrogen) atoms. The zero-order chi connectivity index (χ0) is 19.3. The van der Waals surface area contributed by atoms with Crippen molar-refractivity contribution in [2.45, 2.75) is 32.6 Å². The molecule has 4 rings (SSSR count). The molecule has 1 aromatic heterocycles. The number of anilines is 2. The van der Waals surface area contributed by atoms with Crippen molar-refractivity contribution in [1.29, 1.82) is 0 Å². The molecule has 0 radical (unpaired) electrons. The molecule has 0 saturated carbocycles. The van der Waals surface area contributed by atoms with Crippen LogP contribution in [0.5, 0.6) is 17.2 Å². The molecule has 1 N–H and O–H groups in total. The van der Waals surface area contributed by atoms with Crippen LogP contribution in [0.4, 0.5) is 11.5 Å². The molecule has 2 bridgehead atoms. The minimum Gasteiger partial charge on any atom is -0.493 e. The first-order valence-electron chi connectivity index (χ1n) is 9.71. The molecular weight excluding hydrogens is 354 g/mol. The molecule has 0 atom stereocenters. The Morgan fingerprint density at radius 2 is 1.82 bits per heavy atom. The number of aromatic nitrogens is 2. The summed E-state index contributed by atoms with van der Waals surface area (Å²) in [6.45, 7) is 3.41. The fraction of sp³-hybridized carbons (Fsp3) is 0.364. The molecule has 2 aromatic carbocycles. The van der Waals surface area contributed by atoms with Crippen molar-refractivity contribution in [3.8, 4) is 17.2 Å². The van der Waals surface area contributed by atoms with Crippen LogP contribution >= 0.6 is 0 Å². The number of benzene rings is 2. The summed E-state index contributed by atoms with van der Waals surface area (Å²) >= 11 is 0. The molecule has 146 valence electrons. The minimum absolute atomic E-state index is 0.651. The van der Waals surface area contributed by atoms with Crippen LogP contribution in [-0.2, 0) is 0 Å². The Morgan fingerprint density at radius 3 is 2.64 bits per heavy atom. The smallest absolute Gasteiger partial charge is 0.162 e. The molecular formula is C22H25N3O3. The van der Waals surface area contributed by atoms with E-state index in [0.29, 0.717) is 30.5 Å². The third-order valence-corrected chi connectivity index (χ3v) is 4.93. The van der Waals surface area contributed by atoms with Crippen LogP contribution in [-0.4, -0.2) is 30.3 Å². The highest BCUT2D eigenvalue weighted by Gasteiger charge is 2.14. The molecule has 0 spiro atoms. The van der Waals surface area contributed by atoms with Gasteiger partial charge < -0.3 is 19.5 Å². The van der Waals surface area contributed by atoms with Crippen LogP contribution in [0.1, 0.15) is 31.2 Å². The Kier molecular flexibility index (Phi) is 5.46. The zero-order valence-corrected chi connectivity index (χ0v) is 16.3. The van der Waals surface area contributed by atoms with E-state index in [4.69, 9.17) is 14.2 Å². The summed E-state index contributed by atoms with van der Waals surface area (Å²) in [5, 5.41) is 4.31. The van der Waals surface area contributed by atoms with Crippen LogP contribution in [0, 0.1) is 6.92 Å². The van der Waals surface area contributed by atoms with Gasteiger partial charge in [0.15, 0.2) is 11.5 Å². The maximum Gasteiger partial charge on any atom is 0.162 e. The van der Waals surface area contributed by atoms with E-state index in [0.717, 1.165) is 53.6 Å². The molecule has 1 aliphatic heterocycles. The van der Waals surface area contributed by atoms with Gasteiger partial charge >= 0.3 is 0 Å². The lowest BCUT2D eigenvalue weighted by atomic mass is 10.1. The minimum atomic E-state index is 0.651. The number of para-hydroxylation sites is 1. The van der Waals surface area contributed by atoms with Crippen LogP contribution in [0.15, 0.2) is 36.7 Å². The van der Waals surface area contributed by atoms with Crippen molar-refractivity contribution in [2.75, 3.05) is 25.6 Å². The first-order valence-corrected chi connectivity index (χ1v) is 9.71. The van der Waals surface area contributed by atoms with Crippen molar-refractivity contribution in [3.63, 3.8) is 0 Å². The predicted octanol–water partition coefficient (Wildman–Crippen LogP) is 5.02. The van der Waals surface area contributed by atoms with Gasteiger partial charge in [0.1, 0.15) is 17.9 Å². The predicted molar refractivity (Wildman–Crippen MR) is 110 cm³/mol. The largest absolute Gasteiger partial charge is 0.493 e. The summed E-state index contributed by atoms with van der Waals surface area (Å²) in [6, 6.07) is 9.92. The van der Waals surface area contributed by atoms with E-state index < -0.39 is 0 Å². The van der Waals surface area contributed by atoms with E-state index in [2.05, 4.69) is 28.3 Å². The number of methoxy groups -OCH3 is 1. The monoisotopic (exact) mass is 379 g/mol. The average Bonchev–Trinajstić information content (AvgIpc) is 2.71. The van der Waals surface area contributed by atoms with E-state index in [9.17, 15) is 0 Å². The summed E-state index contributed by atoms with van der Waals surface area (Å²) in [4.78, 5) is 8.87. The van der Waals surface area contributed by atoms with E-state index in [1.165, 1.54) is 0 Å². The standard InChI is InChI=1S/C22H25N3O3/c1-15-8-7-9-17-21(15)28-11-6-4-3-5-10-27-20-12-16-18(13-19(20)26-2)23-14-24-22(16)25-17/h7-9,12-14H,3-6,10-11H2,1-2H3,(H,23,24,25). The van der Waals surface area contributed by atoms with Gasteiger partial charge in [-0.3, -0.25) is 0 Å². The molecule has 0 amide bonds. The van der Waals surface area contributed by atoms with Gasteiger partial charge in [0.05, 0.1) is 31.5 Å². The molecule has 0 aliphatic carbocycles. The second-order valence-corrected chi connectivity index (χ2v) is 6.93. The molecule has 3 aromatic rings. The van der Waals surface area contributed by atoms with Crippen LogP contribution < -0.4 is 19.5 Å². The van der Waals surface area contributed by atoms with Crippen molar-refractivity contribution in [2.24, 2.45) is 0 Å². The van der Waals surface area contributed by atoms with E-state index in [1.807, 2.05) is 24.3 Å². The molecule has 2 heterocycles. The summed E-state index contributed by atoms with van der Waals surface area (Å²) in [6.07, 6.45) is 5.78. The average molecular weight is 379 g/mol. The SMILES string of the molecule is COc1cc2ncnc3c2cc1OCCCCCCOc1c(C)cccc1N3. The Bertz CT molecular complexity index is 975. The molecule has 6 nitrogen and oxygen atoms in total. The van der Waals surface area contributed by atoms with Crippen molar-refractivity contribution < 1.29 is 14.2 Å². The number of hydrogen-bond donors (Lipinski definition) is 1. The van der Waals surface area contributed by atoms with E-state index in [1.54, 1.807) is 13.4 Å². The topological polar surface area (TPSA) is 65.5 Å². The second kappa shape index (κ2) is 8.33. The van der Waals surface area contributed by atoms with Gasteiger partial charge in [0.2, 0.25) is 0 Å². The van der Waals surface area contributed by atoms with Gasteiger partial charge in [-0.2, -0.15) is 0 Å². The number of nitrogens with zero attached hydrogens (tertiary/aromatic N) is 2. The Balaban J connectivity index is 1.82. The fourth-order valence-electron chi connectivity index (χ4n) is 3.42. The Hall–Kier alpha value is -3.02. The number of hydrogen-bond acceptors (Lipinski definition) is 6. The highest BCUT2D eigenvalue weighted by molar-refractivity contribution is 5.93. The fourth-order valence-corrected chi connectivity index (χ4v) is 3.42. The summed E-state index contributed by atoms with van der Waals surface area (Å²) in [5.74, 6) is 2.97. The number of nitrogens with one attached hydrogen (secondary N) is 1. The van der Waals surface area contributed by atoms with Crippen LogP contribution in [0.2, 0.25) is 0 Å². The first-order chi connectivity index (χ1) is 13.8. The van der Waals surface area contributed by atoms with Gasteiger partial charge in [-0.05, 0) is 50.3 Å². The molecule has 0 fully saturated rings. The van der Waals surface area contributed by atoms with Gasteiger partial charge in [-0.25, -0.2) is 9.97 Å². The summed E-state index contributed by atoms with van der Waals surface area (Å²) in [5.41, 5.74) is 2.78. The lowest BCUT2D eigenvalue weighted by molar-refractivity contribution is 0.277. The van der Waals surface area contributed by atoms with Crippen molar-refractivity contribution >= 4 is 22.4 Å². The molecule has 0 saturated heterocycles. The third kappa shape index (κ3) is 3.81. The Labute approximate surface area is 164 Å². The highest BCUT2D eigenvalue weighted by atomic mass is 16.5. The number of ether oxygens (including phenoxy) is 3. The lowest BCUT2D eigenvalue weighted by Crippen LogP contribution is -2.03. The first kappa shape index (κ1) is 18.3. The van der Waals surface area contributed by atoms with Crippen molar-refractivity contribution in [1.82, 2.24) is 9.97 Å². The maximum atomic E-state index is 6.12. The summed E-state index contributed by atoms with van der Waals surface area (Å²) in [7, 11) is 1.65. The number of rotatable bonds is 1. The molecule has 0 unspecified atom stereocenters. The maximum absolute atomic E-state index is 6.12. The third-order valence-electron chi connectivity index (χ3n) is 4.93. The van der Waals surface area contributed by atoms with E-state index >= 15 is 0 Å². The number of aryl methyl sites for hydroxylation is 1. The molecule has 6 heteroatoms. The van der Waals surface area contributed by atoms with Crippen LogP contribution in [0.3, 0.4) is 0 Å². The normalized spacial score (nSPS) is 14.8. The van der Waals surface area contributed by atoms with E-state index in [-0.39, 0.29) is 0 Å². The van der Waals surface area contributed by atoms with Gasteiger partial charge in [0, 0.05) is 11.5 Å². The number of fused-ring (bicyclic) bond motifs is 2. The second-order valence-electron chi connectivity index (χ2n) is 6.93. The Morgan fingerprint density at radius 1 is 1.00 bits per heavy atom. The zero-order valence-electron chi connectivity index (χ0n) is 16.3. The van der Waals surface area contributed by atoms with Gasteiger partial charge in [0.25, 0.3) is 0 Å². The molecule has 1 aliphatic rings. The quantitative estimate of drug-likeness (QED) is 0.640.